The lowest BCUT2D eigenvalue weighted by Crippen LogP contribution is -2.28. The summed E-state index contributed by atoms with van der Waals surface area (Å²) in [5.74, 6) is 0.261. The van der Waals surface area contributed by atoms with Crippen molar-refractivity contribution in [2.45, 2.75) is 0 Å². The number of para-hydroxylation sites is 2. The Balaban J connectivity index is 2.38. The van der Waals surface area contributed by atoms with E-state index >= 15 is 0 Å². The molecule has 4 rings (SSSR count). The first-order valence-electron chi connectivity index (χ1n) is 6.18. The normalized spacial score (nSPS) is 11.4. The third kappa shape index (κ3) is 1.34. The number of H-pyrrole nitrogens is 1. The van der Waals surface area contributed by atoms with Crippen LogP contribution in [0.3, 0.4) is 0 Å². The quantitative estimate of drug-likeness (QED) is 0.491. The molecule has 0 aliphatic carbocycles. The summed E-state index contributed by atoms with van der Waals surface area (Å²) < 4.78 is 1.09. The van der Waals surface area contributed by atoms with Crippen LogP contribution in [0.4, 0.5) is 0 Å². The smallest absolute Gasteiger partial charge is 0.269 e. The zero-order chi connectivity index (χ0) is 13.7. The van der Waals surface area contributed by atoms with Gasteiger partial charge < -0.3 is 4.98 Å². The molecule has 0 fully saturated rings. The third-order valence-electron chi connectivity index (χ3n) is 3.38. The van der Waals surface area contributed by atoms with Crippen LogP contribution in [0.2, 0.25) is 0 Å². The fourth-order valence-electron chi connectivity index (χ4n) is 2.42. The van der Waals surface area contributed by atoms with E-state index < -0.39 is 0 Å². The number of rotatable bonds is 0. The molecule has 0 aliphatic heterocycles. The lowest BCUT2D eigenvalue weighted by atomic mass is 10.2. The summed E-state index contributed by atoms with van der Waals surface area (Å²) >= 11 is 0. The van der Waals surface area contributed by atoms with E-state index in [1.165, 1.54) is 0 Å². The second-order valence-corrected chi connectivity index (χ2v) is 4.57. The maximum atomic E-state index is 12.5. The topological polar surface area (TPSA) is 67.2 Å². The predicted molar refractivity (Wildman–Crippen MR) is 77.1 cm³/mol. The minimum atomic E-state index is -0.349. The Bertz CT molecular complexity index is 1010. The van der Waals surface area contributed by atoms with E-state index in [9.17, 15) is 9.59 Å². The van der Waals surface area contributed by atoms with E-state index in [0.717, 1.165) is 4.40 Å². The number of fused-ring (bicyclic) bond motifs is 3. The minimum absolute atomic E-state index is 0.261. The standard InChI is InChI=1S/C15H9N3O2/c19-13-9-5-1-3-7-11(9)16-15-17-12-8-4-2-6-10(12)14(20)18(13)15/h1-8H,(H,16,17). The molecule has 1 N–H and O–H groups in total. The maximum Gasteiger partial charge on any atom is 0.269 e. The van der Waals surface area contributed by atoms with Crippen molar-refractivity contribution in [1.29, 1.82) is 0 Å². The molecule has 5 heteroatoms. The number of nitrogens with one attached hydrogen (secondary N) is 1. The van der Waals surface area contributed by atoms with Crippen LogP contribution in [-0.2, 0) is 0 Å². The monoisotopic (exact) mass is 263 g/mol. The third-order valence-corrected chi connectivity index (χ3v) is 3.38. The molecule has 2 aromatic carbocycles. The molecule has 96 valence electrons. The molecule has 0 saturated carbocycles. The second-order valence-electron chi connectivity index (χ2n) is 4.57. The molecular weight excluding hydrogens is 254 g/mol. The Hall–Kier alpha value is -2.95. The molecule has 2 aromatic heterocycles. The van der Waals surface area contributed by atoms with E-state index in [4.69, 9.17) is 0 Å². The molecular formula is C15H9N3O2. The van der Waals surface area contributed by atoms with Crippen LogP contribution in [-0.4, -0.2) is 14.4 Å². The van der Waals surface area contributed by atoms with Crippen LogP contribution >= 0.6 is 0 Å². The molecule has 0 amide bonds. The van der Waals surface area contributed by atoms with Crippen molar-refractivity contribution in [3.05, 3.63) is 69.2 Å². The second kappa shape index (κ2) is 3.77. The SMILES string of the molecule is O=c1c2ccccc2nc2[nH]c3ccccc3c(=O)n12. The van der Waals surface area contributed by atoms with Crippen LogP contribution in [0.25, 0.3) is 27.6 Å². The zero-order valence-electron chi connectivity index (χ0n) is 10.3. The van der Waals surface area contributed by atoms with Gasteiger partial charge in [-0.2, -0.15) is 0 Å². The van der Waals surface area contributed by atoms with Gasteiger partial charge >= 0.3 is 0 Å². The molecule has 2 heterocycles. The molecule has 0 atom stereocenters. The Kier molecular flexibility index (Phi) is 2.06. The summed E-state index contributed by atoms with van der Waals surface area (Å²) in [5.41, 5.74) is 0.540. The Morgan fingerprint density at radius 3 is 2.35 bits per heavy atom. The predicted octanol–water partition coefficient (Wildman–Crippen LogP) is 1.69. The van der Waals surface area contributed by atoms with Gasteiger partial charge in [-0.1, -0.05) is 24.3 Å². The van der Waals surface area contributed by atoms with Crippen LogP contribution in [0.15, 0.2) is 58.1 Å². The van der Waals surface area contributed by atoms with Crippen molar-refractivity contribution in [3.63, 3.8) is 0 Å². The van der Waals surface area contributed by atoms with Crippen molar-refractivity contribution in [1.82, 2.24) is 14.4 Å². The molecule has 4 aromatic rings. The highest BCUT2D eigenvalue weighted by Crippen LogP contribution is 2.10. The van der Waals surface area contributed by atoms with Crippen molar-refractivity contribution >= 4 is 27.6 Å². The molecule has 0 spiro atoms. The van der Waals surface area contributed by atoms with Gasteiger partial charge in [-0.25, -0.2) is 9.38 Å². The van der Waals surface area contributed by atoms with E-state index in [-0.39, 0.29) is 16.9 Å². The van der Waals surface area contributed by atoms with Gasteiger partial charge in [0.25, 0.3) is 11.1 Å². The van der Waals surface area contributed by atoms with Crippen LogP contribution in [0.5, 0.6) is 0 Å². The minimum Gasteiger partial charge on any atom is -0.324 e. The number of aromatic nitrogens is 3. The van der Waals surface area contributed by atoms with Gasteiger partial charge in [-0.15, -0.1) is 0 Å². The lowest BCUT2D eigenvalue weighted by molar-refractivity contribution is 1.01. The van der Waals surface area contributed by atoms with Gasteiger partial charge in [0.05, 0.1) is 21.8 Å². The van der Waals surface area contributed by atoms with Gasteiger partial charge in [-0.05, 0) is 24.3 Å². The molecule has 0 saturated heterocycles. The highest BCUT2D eigenvalue weighted by Gasteiger charge is 2.10. The largest absolute Gasteiger partial charge is 0.324 e. The first-order valence-corrected chi connectivity index (χ1v) is 6.18. The highest BCUT2D eigenvalue weighted by molar-refractivity contribution is 5.82. The molecule has 0 radical (unpaired) electrons. The van der Waals surface area contributed by atoms with Crippen molar-refractivity contribution in [3.8, 4) is 0 Å². The van der Waals surface area contributed by atoms with Crippen LogP contribution in [0, 0.1) is 0 Å². The van der Waals surface area contributed by atoms with Gasteiger partial charge in [-0.3, -0.25) is 9.59 Å². The van der Waals surface area contributed by atoms with E-state index in [1.54, 1.807) is 36.4 Å². The highest BCUT2D eigenvalue weighted by atomic mass is 16.2. The van der Waals surface area contributed by atoms with Crippen LogP contribution < -0.4 is 11.1 Å². The van der Waals surface area contributed by atoms with E-state index in [2.05, 4.69) is 9.97 Å². The fourth-order valence-corrected chi connectivity index (χ4v) is 2.42. The summed E-state index contributed by atoms with van der Waals surface area (Å²) in [6.07, 6.45) is 0. The zero-order valence-corrected chi connectivity index (χ0v) is 10.3. The summed E-state index contributed by atoms with van der Waals surface area (Å²) in [7, 11) is 0. The van der Waals surface area contributed by atoms with Gasteiger partial charge in [0.15, 0.2) is 0 Å². The average Bonchev–Trinajstić information content (AvgIpc) is 2.47. The molecule has 0 aliphatic rings. The summed E-state index contributed by atoms with van der Waals surface area (Å²) in [6, 6.07) is 14.1. The van der Waals surface area contributed by atoms with Gasteiger partial charge in [0.1, 0.15) is 0 Å². The lowest BCUT2D eigenvalue weighted by Gasteiger charge is -2.04. The number of benzene rings is 2. The van der Waals surface area contributed by atoms with Crippen molar-refractivity contribution in [2.24, 2.45) is 0 Å². The Morgan fingerprint density at radius 2 is 1.50 bits per heavy atom. The Morgan fingerprint density at radius 1 is 0.850 bits per heavy atom. The average molecular weight is 263 g/mol. The summed E-state index contributed by atoms with van der Waals surface area (Å²) in [4.78, 5) is 32.3. The first-order chi connectivity index (χ1) is 9.75. The summed E-state index contributed by atoms with van der Waals surface area (Å²) in [5, 5.41) is 0.907. The molecule has 5 nitrogen and oxygen atoms in total. The number of hydrogen-bond acceptors (Lipinski definition) is 3. The molecule has 0 unspecified atom stereocenters. The van der Waals surface area contributed by atoms with E-state index in [0.29, 0.717) is 21.8 Å². The van der Waals surface area contributed by atoms with E-state index in [1.807, 2.05) is 12.1 Å². The van der Waals surface area contributed by atoms with Crippen molar-refractivity contribution < 1.29 is 0 Å². The van der Waals surface area contributed by atoms with Crippen LogP contribution in [0.1, 0.15) is 0 Å². The number of nitrogens with zero attached hydrogens (tertiary/aromatic N) is 2. The fraction of sp³-hybridized carbons (Fsp3) is 0. The maximum absolute atomic E-state index is 12.5. The van der Waals surface area contributed by atoms with Gasteiger partial charge in [0, 0.05) is 0 Å². The molecule has 20 heavy (non-hydrogen) atoms. The van der Waals surface area contributed by atoms with Gasteiger partial charge in [0.2, 0.25) is 5.78 Å². The first kappa shape index (κ1) is 10.9. The van der Waals surface area contributed by atoms with Crippen molar-refractivity contribution in [2.75, 3.05) is 0 Å². The molecule has 0 bridgehead atoms. The number of aromatic amines is 1. The Labute approximate surface area is 112 Å². The number of hydrogen-bond donors (Lipinski definition) is 1. The summed E-state index contributed by atoms with van der Waals surface area (Å²) in [6.45, 7) is 0.